The Bertz CT molecular complexity index is 458. The van der Waals surface area contributed by atoms with Crippen molar-refractivity contribution < 1.29 is 4.79 Å². The molecule has 0 radical (unpaired) electrons. The zero-order valence-electron chi connectivity index (χ0n) is 14.3. The van der Waals surface area contributed by atoms with E-state index in [-0.39, 0.29) is 0 Å². The molecule has 1 aliphatic rings. The summed E-state index contributed by atoms with van der Waals surface area (Å²) in [5, 5.41) is 0. The van der Waals surface area contributed by atoms with Crippen molar-refractivity contribution in [1.82, 2.24) is 9.80 Å². The first-order chi connectivity index (χ1) is 10.6. The summed E-state index contributed by atoms with van der Waals surface area (Å²) in [5.41, 5.74) is 1.38. The maximum atomic E-state index is 12.3. The Morgan fingerprint density at radius 3 is 2.68 bits per heavy atom. The smallest absolute Gasteiger partial charge is 0.222 e. The first-order valence-electron chi connectivity index (χ1n) is 8.62. The van der Waals surface area contributed by atoms with Gasteiger partial charge in [0.1, 0.15) is 0 Å². The molecule has 22 heavy (non-hydrogen) atoms. The fourth-order valence-corrected chi connectivity index (χ4v) is 3.24. The molecule has 2 rings (SSSR count). The van der Waals surface area contributed by atoms with E-state index in [0.717, 1.165) is 32.7 Å². The van der Waals surface area contributed by atoms with E-state index in [0.29, 0.717) is 24.2 Å². The van der Waals surface area contributed by atoms with Gasteiger partial charge in [0.05, 0.1) is 0 Å². The summed E-state index contributed by atoms with van der Waals surface area (Å²) in [7, 11) is 0. The summed E-state index contributed by atoms with van der Waals surface area (Å²) < 4.78 is 0. The molecular formula is C19H30N2O. The lowest BCUT2D eigenvalue weighted by Crippen LogP contribution is -2.36. The Balaban J connectivity index is 1.81. The average molecular weight is 302 g/mol. The van der Waals surface area contributed by atoms with E-state index in [1.807, 2.05) is 0 Å². The van der Waals surface area contributed by atoms with Crippen LogP contribution in [0.5, 0.6) is 0 Å². The van der Waals surface area contributed by atoms with Gasteiger partial charge in [0, 0.05) is 32.6 Å². The Morgan fingerprint density at radius 2 is 2.05 bits per heavy atom. The Labute approximate surface area is 135 Å². The standard InChI is InChI=1S/C19H30N2O/c1-4-21(19(22)12-16(2)3)15-18-10-11-20(14-18)13-17-8-6-5-7-9-17/h5-9,16,18H,4,10-15H2,1-3H3. The Kier molecular flexibility index (Phi) is 6.44. The third-order valence-electron chi connectivity index (χ3n) is 4.41. The van der Waals surface area contributed by atoms with Gasteiger partial charge in [0.25, 0.3) is 0 Å². The van der Waals surface area contributed by atoms with Crippen LogP contribution in [0.1, 0.15) is 39.2 Å². The van der Waals surface area contributed by atoms with Gasteiger partial charge in [-0.1, -0.05) is 44.2 Å². The van der Waals surface area contributed by atoms with Gasteiger partial charge in [-0.3, -0.25) is 9.69 Å². The number of carbonyl (C=O) groups excluding carboxylic acids is 1. The van der Waals surface area contributed by atoms with Crippen LogP contribution in [0.15, 0.2) is 30.3 Å². The van der Waals surface area contributed by atoms with Crippen molar-refractivity contribution in [2.24, 2.45) is 11.8 Å². The maximum absolute atomic E-state index is 12.3. The van der Waals surface area contributed by atoms with Gasteiger partial charge < -0.3 is 4.90 Å². The van der Waals surface area contributed by atoms with Crippen molar-refractivity contribution in [3.05, 3.63) is 35.9 Å². The molecule has 0 N–H and O–H groups in total. The minimum atomic E-state index is 0.319. The van der Waals surface area contributed by atoms with Crippen LogP contribution in [0.3, 0.4) is 0 Å². The molecule has 3 heteroatoms. The summed E-state index contributed by atoms with van der Waals surface area (Å²) in [5.74, 6) is 1.39. The van der Waals surface area contributed by atoms with Crippen LogP contribution >= 0.6 is 0 Å². The van der Waals surface area contributed by atoms with E-state index in [9.17, 15) is 4.79 Å². The molecule has 0 aromatic heterocycles. The first kappa shape index (κ1) is 17.0. The van der Waals surface area contributed by atoms with E-state index in [1.54, 1.807) is 0 Å². The van der Waals surface area contributed by atoms with E-state index in [1.165, 1.54) is 12.0 Å². The van der Waals surface area contributed by atoms with Gasteiger partial charge in [-0.05, 0) is 37.3 Å². The van der Waals surface area contributed by atoms with Gasteiger partial charge in [0.15, 0.2) is 0 Å². The minimum Gasteiger partial charge on any atom is -0.343 e. The van der Waals surface area contributed by atoms with E-state index in [2.05, 4.69) is 60.9 Å². The molecule has 1 fully saturated rings. The van der Waals surface area contributed by atoms with Crippen LogP contribution in [0.25, 0.3) is 0 Å². The summed E-state index contributed by atoms with van der Waals surface area (Å²) in [6, 6.07) is 10.7. The normalized spacial score (nSPS) is 18.8. The van der Waals surface area contributed by atoms with Crippen LogP contribution < -0.4 is 0 Å². The second-order valence-corrected chi connectivity index (χ2v) is 6.91. The number of benzene rings is 1. The molecule has 122 valence electrons. The van der Waals surface area contributed by atoms with E-state index in [4.69, 9.17) is 0 Å². The molecule has 1 aliphatic heterocycles. The van der Waals surface area contributed by atoms with Crippen molar-refractivity contribution in [2.45, 2.75) is 40.2 Å². The molecule has 0 aliphatic carbocycles. The predicted molar refractivity (Wildman–Crippen MR) is 91.5 cm³/mol. The second-order valence-electron chi connectivity index (χ2n) is 6.91. The highest BCUT2D eigenvalue weighted by molar-refractivity contribution is 5.76. The van der Waals surface area contributed by atoms with Gasteiger partial charge in [-0.25, -0.2) is 0 Å². The largest absolute Gasteiger partial charge is 0.343 e. The predicted octanol–water partition coefficient (Wildman–Crippen LogP) is 3.40. The van der Waals surface area contributed by atoms with Crippen LogP contribution in [-0.4, -0.2) is 41.9 Å². The van der Waals surface area contributed by atoms with Crippen molar-refractivity contribution in [3.8, 4) is 0 Å². The average Bonchev–Trinajstić information content (AvgIpc) is 2.92. The molecule has 1 amide bonds. The number of nitrogens with zero attached hydrogens (tertiary/aromatic N) is 2. The molecule has 1 unspecified atom stereocenters. The lowest BCUT2D eigenvalue weighted by atomic mass is 10.1. The van der Waals surface area contributed by atoms with Crippen molar-refractivity contribution in [2.75, 3.05) is 26.2 Å². The molecule has 1 aromatic carbocycles. The molecule has 0 saturated carbocycles. The summed E-state index contributed by atoms with van der Waals surface area (Å²) in [4.78, 5) is 16.8. The van der Waals surface area contributed by atoms with Crippen molar-refractivity contribution in [3.63, 3.8) is 0 Å². The lowest BCUT2D eigenvalue weighted by Gasteiger charge is -2.25. The minimum absolute atomic E-state index is 0.319. The monoisotopic (exact) mass is 302 g/mol. The maximum Gasteiger partial charge on any atom is 0.222 e. The number of carbonyl (C=O) groups is 1. The number of hydrogen-bond acceptors (Lipinski definition) is 2. The third-order valence-corrected chi connectivity index (χ3v) is 4.41. The zero-order chi connectivity index (χ0) is 15.9. The molecule has 0 bridgehead atoms. The van der Waals surface area contributed by atoms with Crippen molar-refractivity contribution in [1.29, 1.82) is 0 Å². The highest BCUT2D eigenvalue weighted by Crippen LogP contribution is 2.20. The highest BCUT2D eigenvalue weighted by atomic mass is 16.2. The Hall–Kier alpha value is -1.35. The Morgan fingerprint density at radius 1 is 1.32 bits per heavy atom. The molecule has 1 atom stereocenters. The van der Waals surface area contributed by atoms with Gasteiger partial charge in [0.2, 0.25) is 5.91 Å². The van der Waals surface area contributed by atoms with Crippen LogP contribution in [0.2, 0.25) is 0 Å². The zero-order valence-corrected chi connectivity index (χ0v) is 14.3. The van der Waals surface area contributed by atoms with E-state index >= 15 is 0 Å². The quantitative estimate of drug-likeness (QED) is 0.770. The lowest BCUT2D eigenvalue weighted by molar-refractivity contribution is -0.132. The number of hydrogen-bond donors (Lipinski definition) is 0. The summed E-state index contributed by atoms with van der Waals surface area (Å²) in [6.45, 7) is 11.4. The SMILES string of the molecule is CCN(CC1CCN(Cc2ccccc2)C1)C(=O)CC(C)C. The summed E-state index contributed by atoms with van der Waals surface area (Å²) >= 11 is 0. The second kappa shape index (κ2) is 8.33. The van der Waals surface area contributed by atoms with Gasteiger partial charge in [-0.15, -0.1) is 0 Å². The van der Waals surface area contributed by atoms with Crippen molar-refractivity contribution >= 4 is 5.91 Å². The fraction of sp³-hybridized carbons (Fsp3) is 0.632. The summed E-state index contributed by atoms with van der Waals surface area (Å²) in [6.07, 6.45) is 1.88. The number of amides is 1. The molecule has 3 nitrogen and oxygen atoms in total. The third kappa shape index (κ3) is 5.13. The highest BCUT2D eigenvalue weighted by Gasteiger charge is 2.25. The van der Waals surface area contributed by atoms with Gasteiger partial charge >= 0.3 is 0 Å². The molecular weight excluding hydrogens is 272 g/mol. The first-order valence-corrected chi connectivity index (χ1v) is 8.62. The molecule has 1 heterocycles. The number of rotatable bonds is 7. The van der Waals surface area contributed by atoms with Crippen LogP contribution in [0, 0.1) is 11.8 Å². The number of likely N-dealkylation sites (tertiary alicyclic amines) is 1. The topological polar surface area (TPSA) is 23.6 Å². The fourth-order valence-electron chi connectivity index (χ4n) is 3.24. The molecule has 1 aromatic rings. The van der Waals surface area contributed by atoms with E-state index < -0.39 is 0 Å². The van der Waals surface area contributed by atoms with Crippen LogP contribution in [0.4, 0.5) is 0 Å². The molecule has 1 saturated heterocycles. The van der Waals surface area contributed by atoms with Crippen LogP contribution in [-0.2, 0) is 11.3 Å². The van der Waals surface area contributed by atoms with Gasteiger partial charge in [-0.2, -0.15) is 0 Å². The molecule has 0 spiro atoms.